The van der Waals surface area contributed by atoms with Gasteiger partial charge in [0.25, 0.3) is 0 Å². The maximum atomic E-state index is 13.1. The van der Waals surface area contributed by atoms with Gasteiger partial charge in [0.05, 0.1) is 35.8 Å². The third-order valence-electron chi connectivity index (χ3n) is 6.37. The molecule has 1 aliphatic rings. The zero-order valence-electron chi connectivity index (χ0n) is 23.6. The molecule has 1 N–H and O–H groups in total. The van der Waals surface area contributed by atoms with Crippen LogP contribution < -0.4 is 15.0 Å². The lowest BCUT2D eigenvalue weighted by atomic mass is 9.91. The van der Waals surface area contributed by atoms with Gasteiger partial charge in [0.2, 0.25) is 11.8 Å². The third-order valence-corrected chi connectivity index (χ3v) is 6.37. The van der Waals surface area contributed by atoms with Crippen molar-refractivity contribution < 1.29 is 28.7 Å². The van der Waals surface area contributed by atoms with Crippen LogP contribution in [0.2, 0.25) is 0 Å². The van der Waals surface area contributed by atoms with Gasteiger partial charge in [-0.15, -0.1) is 0 Å². The number of benzene rings is 1. The highest BCUT2D eigenvalue weighted by atomic mass is 16.6. The molecule has 0 amide bonds. The number of nitrogens with zero attached hydrogens (tertiary/aromatic N) is 4. The minimum Gasteiger partial charge on any atom is -0.495 e. The van der Waals surface area contributed by atoms with Crippen LogP contribution in [0.3, 0.4) is 0 Å². The Morgan fingerprint density at radius 3 is 2.38 bits per heavy atom. The van der Waals surface area contributed by atoms with Gasteiger partial charge >= 0.3 is 17.6 Å². The first-order valence-corrected chi connectivity index (χ1v) is 12.8. The van der Waals surface area contributed by atoms with Crippen molar-refractivity contribution in [2.24, 2.45) is 5.41 Å². The standard InChI is InChI=1S/C27H37N5O7/c1-26(2,3)39-24(34)27(4,5)16-31(18-10-8-9-11-18)22-20(32(35)36)15-28-25(30-22)29-19-13-12-17(23(33)38-7)14-21(19)37-6/h12-15,18H,8-11,16H2,1-7H3,(H,28,29,30). The van der Waals surface area contributed by atoms with Crippen molar-refractivity contribution in [1.82, 2.24) is 9.97 Å². The lowest BCUT2D eigenvalue weighted by Crippen LogP contribution is -2.46. The maximum absolute atomic E-state index is 13.1. The number of hydrogen-bond acceptors (Lipinski definition) is 11. The molecule has 1 heterocycles. The molecule has 212 valence electrons. The van der Waals surface area contributed by atoms with E-state index in [2.05, 4.69) is 15.3 Å². The minimum absolute atomic E-state index is 0.0398. The first-order valence-electron chi connectivity index (χ1n) is 12.8. The quantitative estimate of drug-likeness (QED) is 0.244. The number of carbonyl (C=O) groups excluding carboxylic acids is 2. The molecular weight excluding hydrogens is 506 g/mol. The van der Waals surface area contributed by atoms with Gasteiger partial charge in [-0.25, -0.2) is 9.78 Å². The third kappa shape index (κ3) is 7.33. The van der Waals surface area contributed by atoms with E-state index >= 15 is 0 Å². The summed E-state index contributed by atoms with van der Waals surface area (Å²) in [5.74, 6) is -0.374. The highest BCUT2D eigenvalue weighted by molar-refractivity contribution is 5.91. The molecular formula is C27H37N5O7. The van der Waals surface area contributed by atoms with E-state index in [1.54, 1.807) is 46.8 Å². The summed E-state index contributed by atoms with van der Waals surface area (Å²) in [7, 11) is 2.73. The van der Waals surface area contributed by atoms with Crippen LogP contribution in [0.1, 0.15) is 70.7 Å². The molecule has 1 fully saturated rings. The Balaban J connectivity index is 2.02. The smallest absolute Gasteiger partial charge is 0.337 e. The number of hydrogen-bond donors (Lipinski definition) is 1. The number of methoxy groups -OCH3 is 2. The molecule has 1 aromatic carbocycles. The molecule has 1 aromatic heterocycles. The van der Waals surface area contributed by atoms with Gasteiger partial charge in [-0.05, 0) is 65.7 Å². The minimum atomic E-state index is -0.977. The van der Waals surface area contributed by atoms with E-state index in [1.807, 2.05) is 4.90 Å². The normalized spacial score (nSPS) is 14.0. The first kappa shape index (κ1) is 29.6. The fourth-order valence-corrected chi connectivity index (χ4v) is 4.43. The summed E-state index contributed by atoms with van der Waals surface area (Å²) in [6, 6.07) is 4.63. The van der Waals surface area contributed by atoms with Crippen LogP contribution in [0.5, 0.6) is 5.75 Å². The van der Waals surface area contributed by atoms with Crippen LogP contribution in [-0.4, -0.2) is 59.2 Å². The number of carbonyl (C=O) groups is 2. The Morgan fingerprint density at radius 1 is 1.15 bits per heavy atom. The Morgan fingerprint density at radius 2 is 1.82 bits per heavy atom. The summed E-state index contributed by atoms with van der Waals surface area (Å²) in [5, 5.41) is 15.1. The number of nitro groups is 1. The van der Waals surface area contributed by atoms with Gasteiger partial charge in [0, 0.05) is 12.6 Å². The zero-order valence-corrected chi connectivity index (χ0v) is 23.6. The predicted molar refractivity (Wildman–Crippen MR) is 146 cm³/mol. The van der Waals surface area contributed by atoms with Crippen LogP contribution in [0, 0.1) is 15.5 Å². The van der Waals surface area contributed by atoms with Crippen LogP contribution in [-0.2, 0) is 14.3 Å². The Bertz CT molecular complexity index is 1220. The number of anilines is 3. The van der Waals surface area contributed by atoms with Crippen LogP contribution in [0.4, 0.5) is 23.1 Å². The SMILES string of the molecule is COC(=O)c1ccc(Nc2ncc([N+](=O)[O-])c(N(CC(C)(C)C(=O)OC(C)(C)C)C3CCCC3)n2)c(OC)c1. The molecule has 0 unspecified atom stereocenters. The summed E-state index contributed by atoms with van der Waals surface area (Å²) < 4.78 is 15.8. The van der Waals surface area contributed by atoms with E-state index in [9.17, 15) is 19.7 Å². The van der Waals surface area contributed by atoms with Crippen LogP contribution in [0.25, 0.3) is 0 Å². The fraction of sp³-hybridized carbons (Fsp3) is 0.556. The van der Waals surface area contributed by atoms with Crippen molar-refractivity contribution in [2.75, 3.05) is 31.0 Å². The largest absolute Gasteiger partial charge is 0.495 e. The highest BCUT2D eigenvalue weighted by Crippen LogP contribution is 2.37. The Hall–Kier alpha value is -3.96. The van der Waals surface area contributed by atoms with Crippen molar-refractivity contribution >= 4 is 35.1 Å². The molecule has 1 saturated carbocycles. The molecule has 0 radical (unpaired) electrons. The molecule has 39 heavy (non-hydrogen) atoms. The Kier molecular flexibility index (Phi) is 8.98. The first-order chi connectivity index (χ1) is 18.3. The second-order valence-corrected chi connectivity index (χ2v) is 11.1. The van der Waals surface area contributed by atoms with Gasteiger partial charge in [-0.3, -0.25) is 14.9 Å². The number of nitrogens with one attached hydrogen (secondary N) is 1. The van der Waals surface area contributed by atoms with Crippen molar-refractivity contribution in [3.8, 4) is 5.75 Å². The summed E-state index contributed by atoms with van der Waals surface area (Å²) in [4.78, 5) is 47.1. The van der Waals surface area contributed by atoms with E-state index in [1.165, 1.54) is 20.3 Å². The van der Waals surface area contributed by atoms with Gasteiger partial charge in [0.15, 0.2) is 0 Å². The van der Waals surface area contributed by atoms with E-state index in [0.717, 1.165) is 31.9 Å². The second-order valence-electron chi connectivity index (χ2n) is 11.1. The number of rotatable bonds is 10. The van der Waals surface area contributed by atoms with Crippen LogP contribution >= 0.6 is 0 Å². The second kappa shape index (κ2) is 11.8. The fourth-order valence-electron chi connectivity index (χ4n) is 4.43. The molecule has 12 heteroatoms. The highest BCUT2D eigenvalue weighted by Gasteiger charge is 2.39. The average molecular weight is 544 g/mol. The molecule has 1 aliphatic carbocycles. The topological polar surface area (TPSA) is 146 Å². The summed E-state index contributed by atoms with van der Waals surface area (Å²) in [6.45, 7) is 9.10. The molecule has 0 atom stereocenters. The van der Waals surface area contributed by atoms with Crippen molar-refractivity contribution in [3.05, 3.63) is 40.1 Å². The lowest BCUT2D eigenvalue weighted by molar-refractivity contribution is -0.384. The molecule has 0 spiro atoms. The average Bonchev–Trinajstić information content (AvgIpc) is 3.40. The van der Waals surface area contributed by atoms with E-state index in [4.69, 9.17) is 14.2 Å². The predicted octanol–water partition coefficient (Wildman–Crippen LogP) is 5.04. The number of ether oxygens (including phenoxy) is 3. The number of esters is 2. The summed E-state index contributed by atoms with van der Waals surface area (Å²) >= 11 is 0. The lowest BCUT2D eigenvalue weighted by Gasteiger charge is -2.37. The van der Waals surface area contributed by atoms with Crippen molar-refractivity contribution in [3.63, 3.8) is 0 Å². The molecule has 3 rings (SSSR count). The van der Waals surface area contributed by atoms with Gasteiger partial charge in [-0.2, -0.15) is 4.98 Å². The monoisotopic (exact) mass is 543 g/mol. The van der Waals surface area contributed by atoms with E-state index in [0.29, 0.717) is 17.0 Å². The Labute approximate surface area is 228 Å². The van der Waals surface area contributed by atoms with Gasteiger partial charge in [-0.1, -0.05) is 12.8 Å². The van der Waals surface area contributed by atoms with Crippen LogP contribution in [0.15, 0.2) is 24.4 Å². The molecule has 2 aromatic rings. The molecule has 0 aliphatic heterocycles. The van der Waals surface area contributed by atoms with Crippen molar-refractivity contribution in [1.29, 1.82) is 0 Å². The van der Waals surface area contributed by atoms with E-state index < -0.39 is 27.9 Å². The van der Waals surface area contributed by atoms with Crippen molar-refractivity contribution in [2.45, 2.75) is 71.9 Å². The zero-order chi connectivity index (χ0) is 29.0. The summed E-state index contributed by atoms with van der Waals surface area (Å²) in [5.41, 5.74) is -1.17. The van der Waals surface area contributed by atoms with Gasteiger partial charge < -0.3 is 24.4 Å². The molecule has 12 nitrogen and oxygen atoms in total. The van der Waals surface area contributed by atoms with E-state index in [-0.39, 0.29) is 30.0 Å². The number of aromatic nitrogens is 2. The summed E-state index contributed by atoms with van der Waals surface area (Å²) in [6.07, 6.45) is 4.74. The molecule has 0 saturated heterocycles. The van der Waals surface area contributed by atoms with Gasteiger partial charge in [0.1, 0.15) is 17.5 Å². The maximum Gasteiger partial charge on any atom is 0.337 e. The molecule has 0 bridgehead atoms.